The lowest BCUT2D eigenvalue weighted by Gasteiger charge is -2.14. The van der Waals surface area contributed by atoms with Gasteiger partial charge in [-0.3, -0.25) is 9.59 Å². The summed E-state index contributed by atoms with van der Waals surface area (Å²) in [6.45, 7) is 3.57. The molecule has 3 aromatic heterocycles. The second-order valence-electron chi connectivity index (χ2n) is 5.68. The van der Waals surface area contributed by atoms with Crippen LogP contribution in [0.2, 0.25) is 5.02 Å². The highest BCUT2D eigenvalue weighted by Gasteiger charge is 2.13. The number of aromatic amines is 1. The second-order valence-corrected chi connectivity index (χ2v) is 6.11. The van der Waals surface area contributed by atoms with E-state index in [4.69, 9.17) is 11.6 Å². The molecule has 3 rings (SSSR count). The number of nitrogens with one attached hydrogen (secondary N) is 3. The molecule has 0 aliphatic heterocycles. The van der Waals surface area contributed by atoms with Gasteiger partial charge in [0, 0.05) is 29.8 Å². The summed E-state index contributed by atoms with van der Waals surface area (Å²) in [6, 6.07) is 4.68. The molecule has 0 saturated carbocycles. The molecule has 0 bridgehead atoms. The first-order valence-corrected chi connectivity index (χ1v) is 8.42. The average Bonchev–Trinajstić information content (AvgIpc) is 2.61. The molecule has 0 fully saturated rings. The van der Waals surface area contributed by atoms with Crippen LogP contribution in [-0.4, -0.2) is 25.8 Å². The molecule has 1 atom stereocenters. The Morgan fingerprint density at radius 2 is 2.15 bits per heavy atom. The van der Waals surface area contributed by atoms with E-state index in [1.54, 1.807) is 25.1 Å². The Morgan fingerprint density at radius 3 is 2.92 bits per heavy atom. The molecule has 0 saturated heterocycles. The van der Waals surface area contributed by atoms with Crippen molar-refractivity contribution in [3.8, 4) is 0 Å². The fourth-order valence-electron chi connectivity index (χ4n) is 2.40. The van der Waals surface area contributed by atoms with Crippen LogP contribution in [0.1, 0.15) is 31.9 Å². The van der Waals surface area contributed by atoms with Crippen molar-refractivity contribution in [1.29, 1.82) is 0 Å². The summed E-state index contributed by atoms with van der Waals surface area (Å²) in [5.74, 6) is 0.554. The molecule has 0 radical (unpaired) electrons. The molecule has 0 aromatic carbocycles. The van der Waals surface area contributed by atoms with Gasteiger partial charge in [-0.25, -0.2) is 9.97 Å². The molecule has 3 heterocycles. The van der Waals surface area contributed by atoms with E-state index < -0.39 is 0 Å². The maximum absolute atomic E-state index is 12.3. The van der Waals surface area contributed by atoms with Crippen LogP contribution in [-0.2, 0) is 4.79 Å². The van der Waals surface area contributed by atoms with Crippen LogP contribution in [0.5, 0.6) is 0 Å². The van der Waals surface area contributed by atoms with E-state index in [9.17, 15) is 9.59 Å². The molecular formula is C17H17ClN6O2. The number of hydrogen-bond donors (Lipinski definition) is 3. The van der Waals surface area contributed by atoms with Crippen molar-refractivity contribution in [3.05, 3.63) is 51.5 Å². The number of nitrogens with zero attached hydrogens (tertiary/aromatic N) is 3. The SMILES string of the molecule is CCC(=O)Nc1ccnc(N[C@@H](C)c2cc3cc(Cl)cnc3[nH]c2=O)n1. The lowest BCUT2D eigenvalue weighted by Crippen LogP contribution is -2.21. The number of carbonyl (C=O) groups is 1. The minimum Gasteiger partial charge on any atom is -0.347 e. The lowest BCUT2D eigenvalue weighted by atomic mass is 10.1. The number of anilines is 2. The molecule has 0 spiro atoms. The molecule has 3 N–H and O–H groups in total. The quantitative estimate of drug-likeness (QED) is 0.634. The van der Waals surface area contributed by atoms with Crippen molar-refractivity contribution in [2.24, 2.45) is 0 Å². The maximum atomic E-state index is 12.3. The summed E-state index contributed by atoms with van der Waals surface area (Å²) in [5, 5.41) is 6.94. The summed E-state index contributed by atoms with van der Waals surface area (Å²) >= 11 is 5.97. The zero-order valence-electron chi connectivity index (χ0n) is 14.2. The third kappa shape index (κ3) is 3.97. The molecular weight excluding hydrogens is 356 g/mol. The van der Waals surface area contributed by atoms with Crippen LogP contribution >= 0.6 is 11.6 Å². The lowest BCUT2D eigenvalue weighted by molar-refractivity contribution is -0.115. The molecule has 0 aliphatic carbocycles. The summed E-state index contributed by atoms with van der Waals surface area (Å²) < 4.78 is 0. The molecule has 134 valence electrons. The molecule has 1 amide bonds. The number of H-pyrrole nitrogens is 1. The van der Waals surface area contributed by atoms with Crippen LogP contribution in [0.25, 0.3) is 11.0 Å². The fraction of sp³-hybridized carbons (Fsp3) is 0.235. The summed E-state index contributed by atoms with van der Waals surface area (Å²) in [5.41, 5.74) is 0.701. The third-order valence-electron chi connectivity index (χ3n) is 3.75. The Hall–Kier alpha value is -3.00. The van der Waals surface area contributed by atoms with Gasteiger partial charge in [0.15, 0.2) is 0 Å². The Bertz CT molecular complexity index is 1020. The number of aromatic nitrogens is 4. The number of hydrogen-bond acceptors (Lipinski definition) is 6. The Balaban J connectivity index is 1.86. The minimum atomic E-state index is -0.376. The fourth-order valence-corrected chi connectivity index (χ4v) is 2.57. The molecule has 26 heavy (non-hydrogen) atoms. The monoisotopic (exact) mass is 372 g/mol. The molecule has 9 heteroatoms. The average molecular weight is 373 g/mol. The zero-order chi connectivity index (χ0) is 18.7. The van der Waals surface area contributed by atoms with Crippen LogP contribution in [0.4, 0.5) is 11.8 Å². The predicted octanol–water partition coefficient (Wildman–Crippen LogP) is 2.89. The first kappa shape index (κ1) is 17.8. The van der Waals surface area contributed by atoms with Crippen molar-refractivity contribution < 1.29 is 4.79 Å². The summed E-state index contributed by atoms with van der Waals surface area (Å²) in [4.78, 5) is 39.0. The van der Waals surface area contributed by atoms with E-state index >= 15 is 0 Å². The number of pyridine rings is 2. The van der Waals surface area contributed by atoms with Crippen LogP contribution in [0, 0.1) is 0 Å². The smallest absolute Gasteiger partial charge is 0.254 e. The third-order valence-corrected chi connectivity index (χ3v) is 3.95. The number of halogens is 1. The van der Waals surface area contributed by atoms with Crippen molar-refractivity contribution in [2.75, 3.05) is 10.6 Å². The van der Waals surface area contributed by atoms with Gasteiger partial charge in [-0.05, 0) is 25.1 Å². The van der Waals surface area contributed by atoms with E-state index in [0.29, 0.717) is 34.4 Å². The van der Waals surface area contributed by atoms with Crippen LogP contribution in [0.15, 0.2) is 35.4 Å². The second kappa shape index (κ2) is 7.49. The standard InChI is InChI=1S/C17H17ClN6O2/c1-3-14(25)22-13-4-5-19-17(23-13)21-9(2)12-7-10-6-11(18)8-20-15(10)24-16(12)26/h4-9H,3H2,1-2H3,(H,20,24,26)(H2,19,21,22,23,25)/t9-/m0/s1. The van der Waals surface area contributed by atoms with Crippen molar-refractivity contribution >= 4 is 40.3 Å². The summed E-state index contributed by atoms with van der Waals surface area (Å²) in [7, 11) is 0. The Morgan fingerprint density at radius 1 is 1.35 bits per heavy atom. The Labute approximate surface area is 154 Å². The largest absolute Gasteiger partial charge is 0.347 e. The Kier molecular flexibility index (Phi) is 5.13. The first-order valence-electron chi connectivity index (χ1n) is 8.04. The van der Waals surface area contributed by atoms with Crippen molar-refractivity contribution in [1.82, 2.24) is 19.9 Å². The van der Waals surface area contributed by atoms with Gasteiger partial charge < -0.3 is 15.6 Å². The first-order chi connectivity index (χ1) is 12.5. The van der Waals surface area contributed by atoms with Crippen LogP contribution < -0.4 is 16.2 Å². The van der Waals surface area contributed by atoms with Gasteiger partial charge >= 0.3 is 0 Å². The zero-order valence-corrected chi connectivity index (χ0v) is 15.0. The number of amides is 1. The van der Waals surface area contributed by atoms with E-state index in [-0.39, 0.29) is 17.5 Å². The van der Waals surface area contributed by atoms with Gasteiger partial charge in [0.1, 0.15) is 11.5 Å². The molecule has 3 aromatic rings. The van der Waals surface area contributed by atoms with Crippen molar-refractivity contribution in [2.45, 2.75) is 26.3 Å². The summed E-state index contributed by atoms with van der Waals surface area (Å²) in [6.07, 6.45) is 3.36. The highest BCUT2D eigenvalue weighted by Crippen LogP contribution is 2.19. The van der Waals surface area contributed by atoms with Crippen LogP contribution in [0.3, 0.4) is 0 Å². The number of fused-ring (bicyclic) bond motifs is 1. The molecule has 0 aliphatic rings. The number of rotatable bonds is 5. The minimum absolute atomic E-state index is 0.141. The predicted molar refractivity (Wildman–Crippen MR) is 100 cm³/mol. The van der Waals surface area contributed by atoms with Gasteiger partial charge in [0.25, 0.3) is 5.56 Å². The topological polar surface area (TPSA) is 113 Å². The van der Waals surface area contributed by atoms with Gasteiger partial charge in [-0.1, -0.05) is 18.5 Å². The van der Waals surface area contributed by atoms with Gasteiger partial charge in [-0.15, -0.1) is 0 Å². The van der Waals surface area contributed by atoms with Gasteiger partial charge in [-0.2, -0.15) is 4.98 Å². The maximum Gasteiger partial charge on any atom is 0.254 e. The molecule has 0 unspecified atom stereocenters. The molecule has 8 nitrogen and oxygen atoms in total. The van der Waals surface area contributed by atoms with Gasteiger partial charge in [0.2, 0.25) is 11.9 Å². The van der Waals surface area contributed by atoms with E-state index in [0.717, 1.165) is 5.39 Å². The van der Waals surface area contributed by atoms with E-state index in [2.05, 4.69) is 30.6 Å². The highest BCUT2D eigenvalue weighted by molar-refractivity contribution is 6.31. The van der Waals surface area contributed by atoms with E-state index in [1.165, 1.54) is 12.4 Å². The van der Waals surface area contributed by atoms with E-state index in [1.807, 2.05) is 6.92 Å². The van der Waals surface area contributed by atoms with Gasteiger partial charge in [0.05, 0.1) is 11.1 Å². The number of carbonyl (C=O) groups excluding carboxylic acids is 1. The normalized spacial score (nSPS) is 12.0. The highest BCUT2D eigenvalue weighted by atomic mass is 35.5. The van der Waals surface area contributed by atoms with Crippen molar-refractivity contribution in [3.63, 3.8) is 0 Å².